The molecule has 26 heavy (non-hydrogen) atoms. The number of carbonyl (C=O) groups excluding carboxylic acids is 3. The van der Waals surface area contributed by atoms with E-state index in [2.05, 4.69) is 18.5 Å². The molecule has 1 aliphatic rings. The third-order valence-electron chi connectivity index (χ3n) is 4.04. The van der Waals surface area contributed by atoms with E-state index in [4.69, 9.17) is 4.74 Å². The van der Waals surface area contributed by atoms with Crippen molar-refractivity contribution in [1.29, 1.82) is 0 Å². The van der Waals surface area contributed by atoms with E-state index in [1.54, 1.807) is 12.2 Å². The topological polar surface area (TPSA) is 75.7 Å². The lowest BCUT2D eigenvalue weighted by molar-refractivity contribution is -0.133. The molecule has 0 atom stereocenters. The Kier molecular flexibility index (Phi) is 7.15. The van der Waals surface area contributed by atoms with Crippen LogP contribution in [-0.2, 0) is 27.2 Å². The van der Waals surface area contributed by atoms with Crippen molar-refractivity contribution in [2.75, 3.05) is 25.0 Å². The van der Waals surface area contributed by atoms with Crippen LogP contribution in [0.5, 0.6) is 0 Å². The van der Waals surface area contributed by atoms with Gasteiger partial charge in [0.2, 0.25) is 5.91 Å². The molecule has 1 N–H and O–H groups in total. The van der Waals surface area contributed by atoms with Crippen LogP contribution >= 0.6 is 11.3 Å². The number of rotatable bonds is 8. The highest BCUT2D eigenvalue weighted by atomic mass is 32.1. The molecule has 6 nitrogen and oxygen atoms in total. The first-order valence-corrected chi connectivity index (χ1v) is 9.38. The van der Waals surface area contributed by atoms with E-state index >= 15 is 0 Å². The van der Waals surface area contributed by atoms with Crippen molar-refractivity contribution in [3.63, 3.8) is 0 Å². The molecule has 0 fully saturated rings. The number of anilines is 1. The minimum Gasteiger partial charge on any atom is -0.452 e. The number of nitrogens with one attached hydrogen (secondary N) is 1. The highest BCUT2D eigenvalue weighted by Crippen LogP contribution is 2.38. The molecule has 1 aliphatic carbocycles. The zero-order valence-electron chi connectivity index (χ0n) is 15.0. The summed E-state index contributed by atoms with van der Waals surface area (Å²) in [6.45, 7) is 8.98. The Labute approximate surface area is 157 Å². The second kappa shape index (κ2) is 9.33. The van der Waals surface area contributed by atoms with Crippen LogP contribution in [0.4, 0.5) is 5.00 Å². The smallest absolute Gasteiger partial charge is 0.341 e. The first kappa shape index (κ1) is 19.9. The van der Waals surface area contributed by atoms with Crippen LogP contribution in [0, 0.1) is 0 Å². The molecule has 1 aromatic rings. The van der Waals surface area contributed by atoms with Crippen molar-refractivity contribution in [2.24, 2.45) is 0 Å². The second-order valence-corrected chi connectivity index (χ2v) is 7.15. The molecule has 0 aromatic carbocycles. The van der Waals surface area contributed by atoms with Gasteiger partial charge in [0.15, 0.2) is 6.61 Å². The number of amides is 2. The van der Waals surface area contributed by atoms with Gasteiger partial charge in [0.05, 0.1) is 5.56 Å². The van der Waals surface area contributed by atoms with Gasteiger partial charge in [0, 0.05) is 24.9 Å². The Balaban J connectivity index is 2.14. The van der Waals surface area contributed by atoms with Gasteiger partial charge in [-0.1, -0.05) is 12.2 Å². The Morgan fingerprint density at radius 3 is 2.46 bits per heavy atom. The summed E-state index contributed by atoms with van der Waals surface area (Å²) >= 11 is 1.42. The van der Waals surface area contributed by atoms with Crippen LogP contribution in [0.1, 0.15) is 40.6 Å². The van der Waals surface area contributed by atoms with Crippen molar-refractivity contribution < 1.29 is 19.1 Å². The molecule has 140 valence electrons. The highest BCUT2D eigenvalue weighted by Gasteiger charge is 2.27. The molecule has 0 unspecified atom stereocenters. The fraction of sp³-hybridized carbons (Fsp3) is 0.421. The minimum atomic E-state index is -0.571. The summed E-state index contributed by atoms with van der Waals surface area (Å²) in [5, 5.41) is 3.23. The van der Waals surface area contributed by atoms with E-state index < -0.39 is 5.97 Å². The number of ether oxygens (including phenoxy) is 1. The largest absolute Gasteiger partial charge is 0.452 e. The average Bonchev–Trinajstić information content (AvgIpc) is 2.96. The number of hydrogen-bond acceptors (Lipinski definition) is 5. The van der Waals surface area contributed by atoms with E-state index in [0.29, 0.717) is 23.7 Å². The van der Waals surface area contributed by atoms with Gasteiger partial charge in [-0.3, -0.25) is 9.59 Å². The number of thiophene rings is 1. The number of carbonyl (C=O) groups is 3. The molecule has 0 radical (unpaired) electrons. The normalized spacial score (nSPS) is 12.7. The average molecular weight is 376 g/mol. The molecule has 0 saturated carbocycles. The maximum absolute atomic E-state index is 12.6. The number of esters is 1. The van der Waals surface area contributed by atoms with Crippen LogP contribution in [0.3, 0.4) is 0 Å². The predicted octanol–water partition coefficient (Wildman–Crippen LogP) is 2.94. The number of aryl methyl sites for hydroxylation is 1. The second-order valence-electron chi connectivity index (χ2n) is 6.05. The minimum absolute atomic E-state index is 0.239. The van der Waals surface area contributed by atoms with Crippen LogP contribution in [0.25, 0.3) is 0 Å². The van der Waals surface area contributed by atoms with E-state index in [1.165, 1.54) is 23.2 Å². The van der Waals surface area contributed by atoms with Crippen LogP contribution in [0.2, 0.25) is 0 Å². The Hall–Kier alpha value is -2.41. The molecule has 7 heteroatoms. The van der Waals surface area contributed by atoms with Gasteiger partial charge in [-0.25, -0.2) is 4.79 Å². The lowest BCUT2D eigenvalue weighted by Gasteiger charge is -2.19. The molecule has 0 saturated heterocycles. The lowest BCUT2D eigenvalue weighted by atomic mass is 9.95. The number of hydrogen-bond donors (Lipinski definition) is 1. The van der Waals surface area contributed by atoms with E-state index in [-0.39, 0.29) is 18.4 Å². The first-order chi connectivity index (χ1) is 12.5. The predicted molar refractivity (Wildman–Crippen MR) is 103 cm³/mol. The molecule has 0 aliphatic heterocycles. The zero-order chi connectivity index (χ0) is 19.1. The van der Waals surface area contributed by atoms with E-state index in [0.717, 1.165) is 36.1 Å². The lowest BCUT2D eigenvalue weighted by Crippen LogP contribution is -2.35. The summed E-state index contributed by atoms with van der Waals surface area (Å²) in [7, 11) is 0. The molecule has 1 heterocycles. The zero-order valence-corrected chi connectivity index (χ0v) is 15.8. The van der Waals surface area contributed by atoms with Crippen molar-refractivity contribution in [1.82, 2.24) is 4.90 Å². The number of fused-ring (bicyclic) bond motifs is 1. The molecule has 0 bridgehead atoms. The van der Waals surface area contributed by atoms with Gasteiger partial charge in [-0.2, -0.15) is 0 Å². The standard InChI is InChI=1S/C19H24N2O4S/c1-4-10-21(11-5-2)16(23)12-25-19(24)17-14-8-6-7-9-15(14)26-18(17)20-13(3)22/h4-5H,1-2,6-12H2,3H3,(H,20,22). The van der Waals surface area contributed by atoms with Gasteiger partial charge in [0.1, 0.15) is 5.00 Å². The Bertz CT molecular complexity index is 713. The maximum Gasteiger partial charge on any atom is 0.341 e. The summed E-state index contributed by atoms with van der Waals surface area (Å²) in [6, 6.07) is 0. The summed E-state index contributed by atoms with van der Waals surface area (Å²) in [4.78, 5) is 38.9. The van der Waals surface area contributed by atoms with Crippen LogP contribution in [0.15, 0.2) is 25.3 Å². The summed E-state index contributed by atoms with van der Waals surface area (Å²) < 4.78 is 5.27. The molecule has 1 aromatic heterocycles. The quantitative estimate of drug-likeness (QED) is 0.559. The van der Waals surface area contributed by atoms with E-state index in [9.17, 15) is 14.4 Å². The fourth-order valence-corrected chi connectivity index (χ4v) is 4.23. The van der Waals surface area contributed by atoms with Crippen molar-refractivity contribution in [3.05, 3.63) is 41.3 Å². The van der Waals surface area contributed by atoms with Gasteiger partial charge >= 0.3 is 5.97 Å². The van der Waals surface area contributed by atoms with Gasteiger partial charge in [0.25, 0.3) is 5.91 Å². The Morgan fingerprint density at radius 1 is 1.19 bits per heavy atom. The van der Waals surface area contributed by atoms with Crippen molar-refractivity contribution in [3.8, 4) is 0 Å². The van der Waals surface area contributed by atoms with Crippen LogP contribution < -0.4 is 5.32 Å². The third-order valence-corrected chi connectivity index (χ3v) is 5.25. The Morgan fingerprint density at radius 2 is 1.85 bits per heavy atom. The summed E-state index contributed by atoms with van der Waals surface area (Å²) in [5.41, 5.74) is 1.34. The maximum atomic E-state index is 12.6. The molecular formula is C19H24N2O4S. The first-order valence-electron chi connectivity index (χ1n) is 8.56. The van der Waals surface area contributed by atoms with Gasteiger partial charge in [-0.15, -0.1) is 24.5 Å². The monoisotopic (exact) mass is 376 g/mol. The third kappa shape index (κ3) is 4.82. The molecule has 2 rings (SSSR count). The summed E-state index contributed by atoms with van der Waals surface area (Å²) in [6.07, 6.45) is 6.95. The summed E-state index contributed by atoms with van der Waals surface area (Å²) in [5.74, 6) is -1.13. The fourth-order valence-electron chi connectivity index (χ4n) is 2.91. The van der Waals surface area contributed by atoms with Gasteiger partial charge < -0.3 is 15.0 Å². The highest BCUT2D eigenvalue weighted by molar-refractivity contribution is 7.17. The molecule has 0 spiro atoms. The van der Waals surface area contributed by atoms with Gasteiger partial charge in [-0.05, 0) is 31.2 Å². The van der Waals surface area contributed by atoms with Crippen molar-refractivity contribution >= 4 is 34.1 Å². The van der Waals surface area contributed by atoms with Crippen molar-refractivity contribution in [2.45, 2.75) is 32.6 Å². The van der Waals surface area contributed by atoms with E-state index in [1.807, 2.05) is 0 Å². The SMILES string of the molecule is C=CCN(CC=C)C(=O)COC(=O)c1c(NC(C)=O)sc2c1CCCC2. The molecular weight excluding hydrogens is 352 g/mol. The number of nitrogens with zero attached hydrogens (tertiary/aromatic N) is 1. The van der Waals surface area contributed by atoms with Crippen LogP contribution in [-0.4, -0.2) is 42.4 Å². The molecule has 2 amide bonds.